The minimum absolute atomic E-state index is 0.0902. The van der Waals surface area contributed by atoms with Crippen LogP contribution in [0.25, 0.3) is 10.3 Å². The summed E-state index contributed by atoms with van der Waals surface area (Å²) < 4.78 is 0. The molecule has 1 amide bonds. The summed E-state index contributed by atoms with van der Waals surface area (Å²) >= 11 is 1.62. The number of aromatic nitrogens is 2. The van der Waals surface area contributed by atoms with Crippen molar-refractivity contribution < 1.29 is 4.79 Å². The van der Waals surface area contributed by atoms with Crippen molar-refractivity contribution in [2.24, 2.45) is 5.92 Å². The van der Waals surface area contributed by atoms with Crippen LogP contribution in [0.15, 0.2) is 48.7 Å². The fourth-order valence-electron chi connectivity index (χ4n) is 3.16. The number of anilines is 1. The maximum absolute atomic E-state index is 12.4. The van der Waals surface area contributed by atoms with Gasteiger partial charge in [0.1, 0.15) is 10.3 Å². The van der Waals surface area contributed by atoms with E-state index in [1.165, 1.54) is 0 Å². The predicted octanol–water partition coefficient (Wildman–Crippen LogP) is 3.22. The van der Waals surface area contributed by atoms with E-state index in [1.54, 1.807) is 17.5 Å². The highest BCUT2D eigenvalue weighted by Crippen LogP contribution is 2.30. The summed E-state index contributed by atoms with van der Waals surface area (Å²) in [5.41, 5.74) is 2.08. The first kappa shape index (κ1) is 16.0. The molecule has 25 heavy (non-hydrogen) atoms. The highest BCUT2D eigenvalue weighted by atomic mass is 32.1. The largest absolute Gasteiger partial charge is 0.352 e. The van der Waals surface area contributed by atoms with Gasteiger partial charge in [-0.05, 0) is 30.5 Å². The van der Waals surface area contributed by atoms with Gasteiger partial charge in [-0.3, -0.25) is 4.79 Å². The molecule has 1 fully saturated rings. The number of hydrogen-bond donors (Lipinski definition) is 1. The SMILES string of the molecule is O=C(NCc1ccccc1)C1CCN(c2nc3cccnc3s2)CC1. The smallest absolute Gasteiger partial charge is 0.223 e. The third-order valence-corrected chi connectivity index (χ3v) is 5.64. The lowest BCUT2D eigenvalue weighted by Gasteiger charge is -2.31. The summed E-state index contributed by atoms with van der Waals surface area (Å²) in [7, 11) is 0. The Labute approximate surface area is 150 Å². The summed E-state index contributed by atoms with van der Waals surface area (Å²) in [6.45, 7) is 2.33. The van der Waals surface area contributed by atoms with E-state index >= 15 is 0 Å². The molecule has 1 N–H and O–H groups in total. The van der Waals surface area contributed by atoms with Gasteiger partial charge in [-0.15, -0.1) is 0 Å². The Morgan fingerprint density at radius 3 is 2.72 bits per heavy atom. The Morgan fingerprint density at radius 2 is 1.96 bits per heavy atom. The first-order valence-electron chi connectivity index (χ1n) is 8.58. The Balaban J connectivity index is 1.32. The lowest BCUT2D eigenvalue weighted by atomic mass is 9.96. The first-order chi connectivity index (χ1) is 12.3. The van der Waals surface area contributed by atoms with Crippen molar-refractivity contribution in [3.05, 3.63) is 54.2 Å². The van der Waals surface area contributed by atoms with Crippen LogP contribution in [-0.2, 0) is 11.3 Å². The maximum atomic E-state index is 12.4. The summed E-state index contributed by atoms with van der Waals surface area (Å²) in [6, 6.07) is 13.9. The van der Waals surface area contributed by atoms with Crippen LogP contribution in [0, 0.1) is 5.92 Å². The van der Waals surface area contributed by atoms with E-state index in [-0.39, 0.29) is 11.8 Å². The number of nitrogens with zero attached hydrogens (tertiary/aromatic N) is 3. The van der Waals surface area contributed by atoms with Crippen molar-refractivity contribution in [2.75, 3.05) is 18.0 Å². The Bertz CT molecular complexity index is 823. The fraction of sp³-hybridized carbons (Fsp3) is 0.316. The normalized spacial score (nSPS) is 15.4. The van der Waals surface area contributed by atoms with Crippen molar-refractivity contribution >= 4 is 32.7 Å². The van der Waals surface area contributed by atoms with Crippen molar-refractivity contribution in [1.29, 1.82) is 0 Å². The summed E-state index contributed by atoms with van der Waals surface area (Å²) in [4.78, 5) is 24.7. The third-order valence-electron chi connectivity index (χ3n) is 4.60. The van der Waals surface area contributed by atoms with Crippen LogP contribution >= 0.6 is 11.3 Å². The number of amides is 1. The van der Waals surface area contributed by atoms with Gasteiger partial charge < -0.3 is 10.2 Å². The minimum atomic E-state index is 0.0902. The average Bonchev–Trinajstić information content (AvgIpc) is 3.11. The van der Waals surface area contributed by atoms with Gasteiger partial charge >= 0.3 is 0 Å². The molecule has 1 aromatic carbocycles. The lowest BCUT2D eigenvalue weighted by molar-refractivity contribution is -0.125. The van der Waals surface area contributed by atoms with Gasteiger partial charge in [0, 0.05) is 31.7 Å². The summed E-state index contributed by atoms with van der Waals surface area (Å²) in [6.07, 6.45) is 3.53. The monoisotopic (exact) mass is 352 g/mol. The molecule has 2 aromatic heterocycles. The number of carbonyl (C=O) groups is 1. The summed E-state index contributed by atoms with van der Waals surface area (Å²) in [5.74, 6) is 0.252. The number of hydrogen-bond acceptors (Lipinski definition) is 5. The van der Waals surface area contributed by atoms with E-state index in [0.29, 0.717) is 6.54 Å². The van der Waals surface area contributed by atoms with E-state index in [0.717, 1.165) is 47.0 Å². The molecule has 4 rings (SSSR count). The minimum Gasteiger partial charge on any atom is -0.352 e. The van der Waals surface area contributed by atoms with E-state index in [2.05, 4.69) is 20.2 Å². The van der Waals surface area contributed by atoms with Crippen LogP contribution in [-0.4, -0.2) is 29.0 Å². The quantitative estimate of drug-likeness (QED) is 0.783. The average molecular weight is 352 g/mol. The molecule has 3 heterocycles. The molecule has 0 unspecified atom stereocenters. The standard InChI is InChI=1S/C19H20N4OS/c24-17(21-13-14-5-2-1-3-6-14)15-8-11-23(12-9-15)19-22-16-7-4-10-20-18(16)25-19/h1-7,10,15H,8-9,11-13H2,(H,21,24). The molecule has 0 radical (unpaired) electrons. The van der Waals surface area contributed by atoms with Crippen LogP contribution in [0.3, 0.4) is 0 Å². The van der Waals surface area contributed by atoms with E-state index < -0.39 is 0 Å². The van der Waals surface area contributed by atoms with Crippen molar-refractivity contribution in [3.8, 4) is 0 Å². The number of thiazole rings is 1. The van der Waals surface area contributed by atoms with E-state index in [4.69, 9.17) is 0 Å². The third kappa shape index (κ3) is 3.64. The van der Waals surface area contributed by atoms with Gasteiger partial charge in [-0.25, -0.2) is 9.97 Å². The van der Waals surface area contributed by atoms with Crippen LogP contribution in [0.4, 0.5) is 5.13 Å². The molecule has 0 bridgehead atoms. The number of nitrogens with one attached hydrogen (secondary N) is 1. The molecule has 0 atom stereocenters. The number of rotatable bonds is 4. The molecule has 3 aromatic rings. The van der Waals surface area contributed by atoms with E-state index in [1.807, 2.05) is 42.5 Å². The molecular weight excluding hydrogens is 332 g/mol. The molecule has 1 saturated heterocycles. The molecule has 0 saturated carbocycles. The van der Waals surface area contributed by atoms with Gasteiger partial charge in [0.2, 0.25) is 5.91 Å². The van der Waals surface area contributed by atoms with Gasteiger partial charge in [0.25, 0.3) is 0 Å². The van der Waals surface area contributed by atoms with Gasteiger partial charge in [-0.2, -0.15) is 0 Å². The summed E-state index contributed by atoms with van der Waals surface area (Å²) in [5, 5.41) is 4.08. The number of piperidine rings is 1. The van der Waals surface area contributed by atoms with Crippen LogP contribution in [0.1, 0.15) is 18.4 Å². The number of benzene rings is 1. The second kappa shape index (κ2) is 7.19. The topological polar surface area (TPSA) is 58.1 Å². The second-order valence-corrected chi connectivity index (χ2v) is 7.24. The number of pyridine rings is 1. The van der Waals surface area contributed by atoms with Crippen molar-refractivity contribution in [1.82, 2.24) is 15.3 Å². The van der Waals surface area contributed by atoms with Crippen LogP contribution < -0.4 is 10.2 Å². The zero-order valence-electron chi connectivity index (χ0n) is 13.9. The van der Waals surface area contributed by atoms with E-state index in [9.17, 15) is 4.79 Å². The molecule has 128 valence electrons. The van der Waals surface area contributed by atoms with Crippen molar-refractivity contribution in [2.45, 2.75) is 19.4 Å². The Morgan fingerprint density at radius 1 is 1.16 bits per heavy atom. The predicted molar refractivity (Wildman–Crippen MR) is 101 cm³/mol. The van der Waals surface area contributed by atoms with Crippen LogP contribution in [0.5, 0.6) is 0 Å². The zero-order chi connectivity index (χ0) is 17.1. The molecule has 1 aliphatic heterocycles. The first-order valence-corrected chi connectivity index (χ1v) is 9.39. The molecule has 1 aliphatic rings. The highest BCUT2D eigenvalue weighted by molar-refractivity contribution is 7.21. The van der Waals surface area contributed by atoms with Crippen molar-refractivity contribution in [3.63, 3.8) is 0 Å². The number of carbonyl (C=O) groups excluding carboxylic acids is 1. The van der Waals surface area contributed by atoms with Gasteiger partial charge in [0.15, 0.2) is 5.13 Å². The molecular formula is C19H20N4OS. The molecule has 6 heteroatoms. The van der Waals surface area contributed by atoms with Gasteiger partial charge in [-0.1, -0.05) is 41.7 Å². The molecule has 0 aliphatic carbocycles. The zero-order valence-corrected chi connectivity index (χ0v) is 14.7. The lowest BCUT2D eigenvalue weighted by Crippen LogP contribution is -2.40. The Hall–Kier alpha value is -2.47. The van der Waals surface area contributed by atoms with Gasteiger partial charge in [0.05, 0.1) is 0 Å². The second-order valence-electron chi connectivity index (χ2n) is 6.29. The fourth-order valence-corrected chi connectivity index (χ4v) is 4.12. The Kier molecular flexibility index (Phi) is 4.61. The maximum Gasteiger partial charge on any atom is 0.223 e. The highest BCUT2D eigenvalue weighted by Gasteiger charge is 2.26. The van der Waals surface area contributed by atoms with Crippen LogP contribution in [0.2, 0.25) is 0 Å². The molecule has 0 spiro atoms. The molecule has 5 nitrogen and oxygen atoms in total. The number of fused-ring (bicyclic) bond motifs is 1.